The van der Waals surface area contributed by atoms with Crippen LogP contribution in [0.3, 0.4) is 0 Å². The van der Waals surface area contributed by atoms with Gasteiger partial charge in [0.25, 0.3) is 5.56 Å². The number of ketones is 1. The quantitative estimate of drug-likeness (QED) is 0.670. The van der Waals surface area contributed by atoms with Crippen molar-refractivity contribution in [3.8, 4) is 0 Å². The molecule has 0 atom stereocenters. The van der Waals surface area contributed by atoms with Crippen molar-refractivity contribution in [2.75, 3.05) is 0 Å². The van der Waals surface area contributed by atoms with Crippen LogP contribution in [-0.2, 0) is 0 Å². The molecule has 3 rings (SSSR count). The number of nitrogens with zero attached hydrogens (tertiary/aromatic N) is 3. The Kier molecular flexibility index (Phi) is 3.39. The molecule has 104 valence electrons. The summed E-state index contributed by atoms with van der Waals surface area (Å²) in [6.45, 7) is 1.64. The molecule has 0 aliphatic rings. The summed E-state index contributed by atoms with van der Waals surface area (Å²) in [6, 6.07) is 8.48. The van der Waals surface area contributed by atoms with E-state index in [9.17, 15) is 9.59 Å². The number of benzene rings is 1. The minimum absolute atomic E-state index is 0.0721. The first-order chi connectivity index (χ1) is 10.1. The van der Waals surface area contributed by atoms with Crippen LogP contribution in [0.1, 0.15) is 21.6 Å². The van der Waals surface area contributed by atoms with Gasteiger partial charge in [-0.3, -0.25) is 14.0 Å². The third kappa shape index (κ3) is 2.38. The van der Waals surface area contributed by atoms with E-state index in [0.717, 1.165) is 4.47 Å². The highest BCUT2D eigenvalue weighted by Crippen LogP contribution is 2.14. The molecule has 2 heterocycles. The van der Waals surface area contributed by atoms with E-state index in [-0.39, 0.29) is 17.1 Å². The predicted octanol–water partition coefficient (Wildman–Crippen LogP) is 2.39. The maximum atomic E-state index is 12.6. The monoisotopic (exact) mass is 343 g/mol. The molecule has 0 unspecified atom stereocenters. The summed E-state index contributed by atoms with van der Waals surface area (Å²) in [5.74, 6) is -0.0527. The topological polar surface area (TPSA) is 64.3 Å². The van der Waals surface area contributed by atoms with Crippen LogP contribution in [-0.4, -0.2) is 20.2 Å². The van der Waals surface area contributed by atoms with Gasteiger partial charge in [0.2, 0.25) is 5.78 Å². The van der Waals surface area contributed by atoms with Crippen LogP contribution in [0.2, 0.25) is 0 Å². The molecule has 0 aliphatic carbocycles. The van der Waals surface area contributed by atoms with Crippen molar-refractivity contribution in [2.45, 2.75) is 6.92 Å². The second-order valence-corrected chi connectivity index (χ2v) is 5.42. The minimum Gasteiger partial charge on any atom is -0.288 e. The maximum absolute atomic E-state index is 12.6. The largest absolute Gasteiger partial charge is 0.288 e. The molecule has 0 spiro atoms. The lowest BCUT2D eigenvalue weighted by Crippen LogP contribution is -2.26. The smallest absolute Gasteiger partial charge is 0.270 e. The Bertz CT molecular complexity index is 901. The number of hydrogen-bond acceptors (Lipinski definition) is 4. The highest BCUT2D eigenvalue weighted by Gasteiger charge is 2.19. The lowest BCUT2D eigenvalue weighted by molar-refractivity contribution is 0.103. The van der Waals surface area contributed by atoms with Crippen molar-refractivity contribution in [2.24, 2.45) is 0 Å². The third-order valence-electron chi connectivity index (χ3n) is 3.12. The zero-order chi connectivity index (χ0) is 15.0. The average molecular weight is 344 g/mol. The highest BCUT2D eigenvalue weighted by atomic mass is 79.9. The number of carbonyl (C=O) groups excluding carboxylic acids is 1. The molecule has 6 heteroatoms. The molecule has 5 nitrogen and oxygen atoms in total. The Morgan fingerprint density at radius 2 is 1.95 bits per heavy atom. The molecule has 1 aromatic carbocycles. The molecule has 0 aliphatic heterocycles. The Hall–Kier alpha value is -2.34. The number of aryl methyl sites for hydroxylation is 1. The molecule has 0 radical (unpaired) electrons. The van der Waals surface area contributed by atoms with Gasteiger partial charge in [0.1, 0.15) is 5.56 Å². The molecule has 0 saturated heterocycles. The van der Waals surface area contributed by atoms with Crippen molar-refractivity contribution in [3.63, 3.8) is 0 Å². The maximum Gasteiger partial charge on any atom is 0.270 e. The number of fused-ring (bicyclic) bond motifs is 1. The fourth-order valence-corrected chi connectivity index (χ4v) is 2.36. The van der Waals surface area contributed by atoms with Gasteiger partial charge in [-0.05, 0) is 37.3 Å². The molecule has 0 bridgehead atoms. The van der Waals surface area contributed by atoms with Gasteiger partial charge in [0.15, 0.2) is 5.78 Å². The normalized spacial score (nSPS) is 10.8. The van der Waals surface area contributed by atoms with E-state index in [4.69, 9.17) is 0 Å². The van der Waals surface area contributed by atoms with Crippen LogP contribution < -0.4 is 5.56 Å². The van der Waals surface area contributed by atoms with Gasteiger partial charge >= 0.3 is 0 Å². The highest BCUT2D eigenvalue weighted by molar-refractivity contribution is 9.10. The Labute approximate surface area is 128 Å². The van der Waals surface area contributed by atoms with Crippen LogP contribution in [0.15, 0.2) is 52.0 Å². The number of carbonyl (C=O) groups is 1. The predicted molar refractivity (Wildman–Crippen MR) is 81.6 cm³/mol. The average Bonchev–Trinajstić information content (AvgIpc) is 2.48. The summed E-state index contributed by atoms with van der Waals surface area (Å²) >= 11 is 3.31. The molecular weight excluding hydrogens is 334 g/mol. The lowest BCUT2D eigenvalue weighted by Gasteiger charge is -2.06. The van der Waals surface area contributed by atoms with Crippen LogP contribution in [0.25, 0.3) is 5.78 Å². The molecule has 0 fully saturated rings. The van der Waals surface area contributed by atoms with Gasteiger partial charge in [0.05, 0.1) is 5.69 Å². The second kappa shape index (κ2) is 5.21. The molecule has 3 aromatic rings. The van der Waals surface area contributed by atoms with Gasteiger partial charge in [-0.1, -0.05) is 15.9 Å². The summed E-state index contributed by atoms with van der Waals surface area (Å²) in [4.78, 5) is 33.3. The van der Waals surface area contributed by atoms with Gasteiger partial charge in [0, 0.05) is 22.4 Å². The van der Waals surface area contributed by atoms with Gasteiger partial charge in [-0.15, -0.1) is 0 Å². The van der Waals surface area contributed by atoms with E-state index in [0.29, 0.717) is 11.3 Å². The van der Waals surface area contributed by atoms with Crippen molar-refractivity contribution in [3.05, 3.63) is 74.4 Å². The summed E-state index contributed by atoms with van der Waals surface area (Å²) < 4.78 is 2.15. The Morgan fingerprint density at radius 3 is 2.67 bits per heavy atom. The summed E-state index contributed by atoms with van der Waals surface area (Å²) in [7, 11) is 0. The van der Waals surface area contributed by atoms with Gasteiger partial charge in [-0.2, -0.15) is 0 Å². The van der Waals surface area contributed by atoms with Crippen LogP contribution in [0, 0.1) is 6.92 Å². The summed E-state index contributed by atoms with van der Waals surface area (Å²) in [5.41, 5.74) is 0.497. The van der Waals surface area contributed by atoms with Gasteiger partial charge < -0.3 is 0 Å². The number of halogens is 1. The van der Waals surface area contributed by atoms with Crippen LogP contribution in [0.4, 0.5) is 0 Å². The van der Waals surface area contributed by atoms with E-state index in [1.165, 1.54) is 4.40 Å². The zero-order valence-corrected chi connectivity index (χ0v) is 12.7. The van der Waals surface area contributed by atoms with E-state index in [2.05, 4.69) is 25.9 Å². The Morgan fingerprint density at radius 1 is 1.24 bits per heavy atom. The molecule has 21 heavy (non-hydrogen) atoms. The van der Waals surface area contributed by atoms with Crippen molar-refractivity contribution in [1.29, 1.82) is 0 Å². The molecule has 0 amide bonds. The first-order valence-corrected chi connectivity index (χ1v) is 7.01. The molecular formula is C15H10BrN3O2. The minimum atomic E-state index is -0.404. The van der Waals surface area contributed by atoms with E-state index < -0.39 is 5.56 Å². The summed E-state index contributed by atoms with van der Waals surface area (Å²) in [6.07, 6.45) is 3.10. The fourth-order valence-electron chi connectivity index (χ4n) is 2.09. The zero-order valence-electron chi connectivity index (χ0n) is 11.1. The van der Waals surface area contributed by atoms with Crippen molar-refractivity contribution >= 4 is 27.5 Å². The number of rotatable bonds is 2. The lowest BCUT2D eigenvalue weighted by atomic mass is 10.0. The van der Waals surface area contributed by atoms with Gasteiger partial charge in [-0.25, -0.2) is 9.97 Å². The van der Waals surface area contributed by atoms with Crippen molar-refractivity contribution in [1.82, 2.24) is 14.4 Å². The standard InChI is InChI=1S/C15H10BrN3O2/c1-9-12(13(20)10-3-5-11(16)6-4-10)14(21)19-8-2-7-17-15(19)18-9/h2-8H,1H3. The van der Waals surface area contributed by atoms with Crippen LogP contribution >= 0.6 is 15.9 Å². The molecule has 0 N–H and O–H groups in total. The van der Waals surface area contributed by atoms with E-state index in [1.807, 2.05) is 0 Å². The van der Waals surface area contributed by atoms with Crippen molar-refractivity contribution < 1.29 is 4.79 Å². The SMILES string of the molecule is Cc1nc2ncccn2c(=O)c1C(=O)c1ccc(Br)cc1. The van der Waals surface area contributed by atoms with E-state index >= 15 is 0 Å². The number of aromatic nitrogens is 3. The second-order valence-electron chi connectivity index (χ2n) is 4.50. The first kappa shape index (κ1) is 13.6. The Balaban J connectivity index is 2.22. The third-order valence-corrected chi connectivity index (χ3v) is 3.65. The molecule has 0 saturated carbocycles. The number of hydrogen-bond donors (Lipinski definition) is 0. The van der Waals surface area contributed by atoms with E-state index in [1.54, 1.807) is 49.6 Å². The fraction of sp³-hybridized carbons (Fsp3) is 0.0667. The van der Waals surface area contributed by atoms with Crippen LogP contribution in [0.5, 0.6) is 0 Å². The summed E-state index contributed by atoms with van der Waals surface area (Å²) in [5, 5.41) is 0. The molecule has 2 aromatic heterocycles. The first-order valence-electron chi connectivity index (χ1n) is 6.22.